The molecule has 25 heavy (non-hydrogen) atoms. The number of nitrogens with one attached hydrogen (secondary N) is 1. The smallest absolute Gasteiger partial charge is 0.255 e. The van der Waals surface area contributed by atoms with Gasteiger partial charge in [-0.25, -0.2) is 0 Å². The van der Waals surface area contributed by atoms with E-state index in [1.807, 2.05) is 23.1 Å². The van der Waals surface area contributed by atoms with Crippen molar-refractivity contribution < 1.29 is 9.59 Å². The Balaban J connectivity index is 1.55. The molecular weight excluding hydrogens is 359 g/mol. The number of anilines is 2. The third-order valence-electron chi connectivity index (χ3n) is 4.61. The molecule has 0 radical (unpaired) electrons. The van der Waals surface area contributed by atoms with Crippen molar-refractivity contribution in [3.63, 3.8) is 0 Å². The molecular formula is C19H16Cl2N2O2. The van der Waals surface area contributed by atoms with Crippen molar-refractivity contribution in [3.8, 4) is 0 Å². The molecule has 0 aromatic heterocycles. The van der Waals surface area contributed by atoms with Gasteiger partial charge >= 0.3 is 0 Å². The Morgan fingerprint density at radius 3 is 2.56 bits per heavy atom. The number of fused-ring (bicyclic) bond motifs is 1. The molecule has 2 aliphatic rings. The van der Waals surface area contributed by atoms with Crippen LogP contribution in [0.5, 0.6) is 0 Å². The number of rotatable bonds is 3. The predicted molar refractivity (Wildman–Crippen MR) is 99.6 cm³/mol. The van der Waals surface area contributed by atoms with Crippen LogP contribution in [0.2, 0.25) is 10.0 Å². The van der Waals surface area contributed by atoms with Crippen molar-refractivity contribution in [2.24, 2.45) is 5.92 Å². The molecule has 128 valence electrons. The van der Waals surface area contributed by atoms with Crippen molar-refractivity contribution in [3.05, 3.63) is 57.6 Å². The van der Waals surface area contributed by atoms with E-state index in [-0.39, 0.29) is 17.7 Å². The predicted octanol–water partition coefficient (Wildman–Crippen LogP) is 4.54. The zero-order valence-corrected chi connectivity index (χ0v) is 14.9. The van der Waals surface area contributed by atoms with Gasteiger partial charge in [0.2, 0.25) is 5.91 Å². The van der Waals surface area contributed by atoms with Crippen molar-refractivity contribution in [2.45, 2.75) is 19.3 Å². The Morgan fingerprint density at radius 1 is 1.04 bits per heavy atom. The van der Waals surface area contributed by atoms with Gasteiger partial charge in [0, 0.05) is 29.4 Å². The number of carbonyl (C=O) groups excluding carboxylic acids is 2. The molecule has 4 nitrogen and oxygen atoms in total. The van der Waals surface area contributed by atoms with E-state index in [0.717, 1.165) is 37.1 Å². The summed E-state index contributed by atoms with van der Waals surface area (Å²) in [5.41, 5.74) is 3.14. The van der Waals surface area contributed by atoms with Crippen LogP contribution < -0.4 is 10.2 Å². The minimum atomic E-state index is -0.267. The molecule has 0 atom stereocenters. The second-order valence-corrected chi connectivity index (χ2v) is 7.26. The summed E-state index contributed by atoms with van der Waals surface area (Å²) < 4.78 is 0. The van der Waals surface area contributed by atoms with Gasteiger partial charge in [0.25, 0.3) is 5.91 Å². The first-order valence-electron chi connectivity index (χ1n) is 8.23. The molecule has 0 saturated heterocycles. The van der Waals surface area contributed by atoms with Crippen LogP contribution in [-0.4, -0.2) is 18.4 Å². The molecule has 4 rings (SSSR count). The second kappa shape index (κ2) is 6.36. The second-order valence-electron chi connectivity index (χ2n) is 6.44. The van der Waals surface area contributed by atoms with Gasteiger partial charge < -0.3 is 10.2 Å². The molecule has 1 aliphatic heterocycles. The van der Waals surface area contributed by atoms with Crippen LogP contribution in [0.15, 0.2) is 36.4 Å². The molecule has 0 bridgehead atoms. The lowest BCUT2D eigenvalue weighted by atomic mass is 10.1. The Kier molecular flexibility index (Phi) is 4.18. The van der Waals surface area contributed by atoms with Crippen LogP contribution in [0.1, 0.15) is 28.8 Å². The Hall–Kier alpha value is -2.04. The van der Waals surface area contributed by atoms with Gasteiger partial charge in [-0.05, 0) is 55.2 Å². The summed E-state index contributed by atoms with van der Waals surface area (Å²) in [6.45, 7) is 0.717. The summed E-state index contributed by atoms with van der Waals surface area (Å²) in [5, 5.41) is 3.61. The number of hydrogen-bond donors (Lipinski definition) is 1. The van der Waals surface area contributed by atoms with Crippen molar-refractivity contribution in [2.75, 3.05) is 16.8 Å². The van der Waals surface area contributed by atoms with Crippen LogP contribution >= 0.6 is 23.2 Å². The quantitative estimate of drug-likeness (QED) is 0.856. The molecule has 0 unspecified atom stereocenters. The maximum atomic E-state index is 12.4. The Bertz CT molecular complexity index is 878. The van der Waals surface area contributed by atoms with Crippen LogP contribution in [-0.2, 0) is 11.2 Å². The number of carbonyl (C=O) groups is 2. The van der Waals surface area contributed by atoms with Gasteiger partial charge in [-0.1, -0.05) is 29.3 Å². The lowest BCUT2D eigenvalue weighted by Crippen LogP contribution is -2.30. The van der Waals surface area contributed by atoms with E-state index in [0.29, 0.717) is 21.3 Å². The fraction of sp³-hybridized carbons (Fsp3) is 0.263. The topological polar surface area (TPSA) is 49.4 Å². The third kappa shape index (κ3) is 3.24. The monoisotopic (exact) mass is 374 g/mol. The zero-order valence-electron chi connectivity index (χ0n) is 13.4. The molecule has 1 N–H and O–H groups in total. The molecule has 6 heteroatoms. The summed E-state index contributed by atoms with van der Waals surface area (Å²) in [4.78, 5) is 26.7. The van der Waals surface area contributed by atoms with E-state index in [9.17, 15) is 9.59 Å². The van der Waals surface area contributed by atoms with Gasteiger partial charge in [0.1, 0.15) is 0 Å². The molecule has 1 heterocycles. The van der Waals surface area contributed by atoms with E-state index < -0.39 is 0 Å². The van der Waals surface area contributed by atoms with Crippen molar-refractivity contribution in [1.82, 2.24) is 0 Å². The van der Waals surface area contributed by atoms with Crippen molar-refractivity contribution >= 4 is 46.4 Å². The fourth-order valence-corrected chi connectivity index (χ4v) is 3.38. The van der Waals surface area contributed by atoms with Crippen LogP contribution in [0, 0.1) is 5.92 Å². The highest BCUT2D eigenvalue weighted by Crippen LogP contribution is 2.37. The van der Waals surface area contributed by atoms with Crippen LogP contribution in [0.3, 0.4) is 0 Å². The average Bonchev–Trinajstić information content (AvgIpc) is 3.36. The number of nitrogens with zero attached hydrogens (tertiary/aromatic N) is 1. The summed E-state index contributed by atoms with van der Waals surface area (Å²) in [7, 11) is 0. The number of amides is 2. The molecule has 2 amide bonds. The normalized spacial score (nSPS) is 15.8. The number of benzene rings is 2. The summed E-state index contributed by atoms with van der Waals surface area (Å²) in [6, 6.07) is 10.5. The largest absolute Gasteiger partial charge is 0.322 e. The Morgan fingerprint density at radius 2 is 1.84 bits per heavy atom. The molecule has 1 aliphatic carbocycles. The lowest BCUT2D eigenvalue weighted by Gasteiger charge is -2.18. The minimum absolute atomic E-state index is 0.181. The maximum absolute atomic E-state index is 12.4. The molecule has 1 saturated carbocycles. The van der Waals surface area contributed by atoms with Crippen molar-refractivity contribution in [1.29, 1.82) is 0 Å². The van der Waals surface area contributed by atoms with Crippen LogP contribution in [0.4, 0.5) is 11.4 Å². The molecule has 2 aromatic rings. The van der Waals surface area contributed by atoms with Gasteiger partial charge in [0.05, 0.1) is 10.0 Å². The zero-order chi connectivity index (χ0) is 17.6. The van der Waals surface area contributed by atoms with Gasteiger partial charge in [-0.3, -0.25) is 9.59 Å². The van der Waals surface area contributed by atoms with Gasteiger partial charge in [-0.15, -0.1) is 0 Å². The summed E-state index contributed by atoms with van der Waals surface area (Å²) in [5.74, 6) is 0.115. The highest BCUT2D eigenvalue weighted by atomic mass is 35.5. The Labute approximate surface area is 155 Å². The highest BCUT2D eigenvalue weighted by molar-refractivity contribution is 6.42. The summed E-state index contributed by atoms with van der Waals surface area (Å²) >= 11 is 11.9. The first kappa shape index (κ1) is 16.4. The maximum Gasteiger partial charge on any atom is 0.255 e. The van der Waals surface area contributed by atoms with Gasteiger partial charge in [0.15, 0.2) is 0 Å². The number of hydrogen-bond acceptors (Lipinski definition) is 2. The third-order valence-corrected chi connectivity index (χ3v) is 5.35. The minimum Gasteiger partial charge on any atom is -0.322 e. The SMILES string of the molecule is O=C(Nc1ccc2c(c1)N(C(=O)C1CC1)CC2)c1ccc(Cl)c(Cl)c1. The fourth-order valence-electron chi connectivity index (χ4n) is 3.08. The first-order valence-corrected chi connectivity index (χ1v) is 8.99. The van der Waals surface area contributed by atoms with E-state index in [1.54, 1.807) is 12.1 Å². The van der Waals surface area contributed by atoms with E-state index in [2.05, 4.69) is 5.32 Å². The highest BCUT2D eigenvalue weighted by Gasteiger charge is 2.36. The van der Waals surface area contributed by atoms with E-state index in [4.69, 9.17) is 23.2 Å². The molecule has 1 fully saturated rings. The average molecular weight is 375 g/mol. The molecule has 0 spiro atoms. The summed E-state index contributed by atoms with van der Waals surface area (Å²) in [6.07, 6.45) is 2.83. The van der Waals surface area contributed by atoms with Gasteiger partial charge in [-0.2, -0.15) is 0 Å². The lowest BCUT2D eigenvalue weighted by molar-refractivity contribution is -0.119. The number of halogens is 2. The van der Waals surface area contributed by atoms with Crippen LogP contribution in [0.25, 0.3) is 0 Å². The standard InChI is InChI=1S/C19H16Cl2N2O2/c20-15-6-4-13(9-16(15)21)18(24)22-14-5-3-11-7-8-23(17(11)10-14)19(25)12-1-2-12/h3-6,9-10,12H,1-2,7-8H2,(H,22,24). The van der Waals surface area contributed by atoms with E-state index in [1.165, 1.54) is 6.07 Å². The molecule has 2 aromatic carbocycles. The first-order chi connectivity index (χ1) is 12.0. The van der Waals surface area contributed by atoms with E-state index >= 15 is 0 Å².